The van der Waals surface area contributed by atoms with Crippen LogP contribution in [0.4, 0.5) is 11.4 Å². The van der Waals surface area contributed by atoms with Crippen LogP contribution in [0.3, 0.4) is 0 Å². The van der Waals surface area contributed by atoms with Crippen LogP contribution in [0, 0.1) is 24.0 Å². The number of nitrogens with one attached hydrogen (secondary N) is 1. The van der Waals surface area contributed by atoms with Crippen molar-refractivity contribution in [2.24, 2.45) is 0 Å². The van der Waals surface area contributed by atoms with Gasteiger partial charge < -0.3 is 10.1 Å². The third kappa shape index (κ3) is 4.19. The Balaban J connectivity index is 2.18. The van der Waals surface area contributed by atoms with Crippen molar-refractivity contribution in [3.8, 4) is 5.75 Å². The molecule has 0 aromatic heterocycles. The maximum Gasteiger partial charge on any atom is 0.271 e. The van der Waals surface area contributed by atoms with Crippen molar-refractivity contribution in [2.45, 2.75) is 13.8 Å². The number of nitro groups is 1. The second-order valence-electron chi connectivity index (χ2n) is 5.32. The highest BCUT2D eigenvalue weighted by atomic mass is 16.6. The number of anilines is 1. The minimum atomic E-state index is -0.497. The number of ether oxygens (including phenoxy) is 1. The third-order valence-electron chi connectivity index (χ3n) is 3.49. The average molecular weight is 326 g/mol. The van der Waals surface area contributed by atoms with Crippen LogP contribution in [0.25, 0.3) is 6.08 Å². The third-order valence-corrected chi connectivity index (χ3v) is 3.49. The summed E-state index contributed by atoms with van der Waals surface area (Å²) in [6, 6.07) is 10.00. The molecular formula is C18H18N2O4. The summed E-state index contributed by atoms with van der Waals surface area (Å²) in [6.45, 7) is 3.72. The van der Waals surface area contributed by atoms with Gasteiger partial charge in [0.25, 0.3) is 5.69 Å². The zero-order chi connectivity index (χ0) is 17.7. The number of hydrogen-bond acceptors (Lipinski definition) is 4. The first-order valence-corrected chi connectivity index (χ1v) is 7.29. The molecule has 2 aromatic rings. The van der Waals surface area contributed by atoms with Gasteiger partial charge in [-0.3, -0.25) is 14.9 Å². The molecule has 0 saturated carbocycles. The highest BCUT2D eigenvalue weighted by Gasteiger charge is 2.10. The number of carbonyl (C=O) groups excluding carboxylic acids is 1. The Bertz CT molecular complexity index is 813. The smallest absolute Gasteiger partial charge is 0.271 e. The molecule has 6 heteroatoms. The van der Waals surface area contributed by atoms with Crippen molar-refractivity contribution in [2.75, 3.05) is 12.4 Å². The van der Waals surface area contributed by atoms with Crippen molar-refractivity contribution in [3.05, 3.63) is 69.3 Å². The largest absolute Gasteiger partial charge is 0.496 e. The fourth-order valence-corrected chi connectivity index (χ4v) is 2.18. The molecule has 0 radical (unpaired) electrons. The Morgan fingerprint density at radius 1 is 1.21 bits per heavy atom. The van der Waals surface area contributed by atoms with E-state index in [2.05, 4.69) is 5.32 Å². The van der Waals surface area contributed by atoms with Crippen LogP contribution in [-0.2, 0) is 4.79 Å². The highest BCUT2D eigenvalue weighted by molar-refractivity contribution is 6.02. The number of nitrogens with zero attached hydrogens (tertiary/aromatic N) is 1. The Morgan fingerprint density at radius 3 is 2.62 bits per heavy atom. The molecule has 0 saturated heterocycles. The number of carbonyl (C=O) groups is 1. The summed E-state index contributed by atoms with van der Waals surface area (Å²) in [5, 5.41) is 13.5. The van der Waals surface area contributed by atoms with E-state index < -0.39 is 4.92 Å². The van der Waals surface area contributed by atoms with Crippen molar-refractivity contribution in [3.63, 3.8) is 0 Å². The normalized spacial score (nSPS) is 10.6. The van der Waals surface area contributed by atoms with Gasteiger partial charge in [-0.05, 0) is 37.6 Å². The van der Waals surface area contributed by atoms with Crippen LogP contribution in [0.5, 0.6) is 5.75 Å². The van der Waals surface area contributed by atoms with Crippen LogP contribution < -0.4 is 10.1 Å². The zero-order valence-electron chi connectivity index (χ0n) is 13.7. The number of amides is 1. The number of non-ortho nitro benzene ring substituents is 1. The molecule has 6 nitrogen and oxygen atoms in total. The van der Waals surface area contributed by atoms with Gasteiger partial charge in [-0.25, -0.2) is 0 Å². The number of aryl methyl sites for hydroxylation is 2. The summed E-state index contributed by atoms with van der Waals surface area (Å²) in [5.41, 5.74) is 2.92. The maximum atomic E-state index is 12.1. The lowest BCUT2D eigenvalue weighted by molar-refractivity contribution is -0.384. The molecule has 0 bridgehead atoms. The molecule has 0 unspecified atom stereocenters. The molecule has 0 fully saturated rings. The van der Waals surface area contributed by atoms with Gasteiger partial charge in [-0.1, -0.05) is 17.7 Å². The maximum absolute atomic E-state index is 12.1. The first kappa shape index (κ1) is 17.2. The lowest BCUT2D eigenvalue weighted by atomic mass is 10.1. The van der Waals surface area contributed by atoms with Gasteiger partial charge in [0, 0.05) is 23.8 Å². The summed E-state index contributed by atoms with van der Waals surface area (Å²) < 4.78 is 5.25. The van der Waals surface area contributed by atoms with Crippen LogP contribution in [-0.4, -0.2) is 17.9 Å². The fourth-order valence-electron chi connectivity index (χ4n) is 2.18. The summed E-state index contributed by atoms with van der Waals surface area (Å²) in [4.78, 5) is 22.4. The quantitative estimate of drug-likeness (QED) is 0.514. The average Bonchev–Trinajstić information content (AvgIpc) is 2.55. The second kappa shape index (κ2) is 7.41. The minimum absolute atomic E-state index is 0.0692. The number of methoxy groups -OCH3 is 1. The van der Waals surface area contributed by atoms with E-state index in [0.29, 0.717) is 11.4 Å². The van der Waals surface area contributed by atoms with E-state index in [1.807, 2.05) is 25.1 Å². The van der Waals surface area contributed by atoms with Gasteiger partial charge in [0.15, 0.2) is 0 Å². The van der Waals surface area contributed by atoms with Gasteiger partial charge in [0.1, 0.15) is 5.75 Å². The monoisotopic (exact) mass is 326 g/mol. The summed E-state index contributed by atoms with van der Waals surface area (Å²) in [6.07, 6.45) is 3.02. The molecule has 0 spiro atoms. The zero-order valence-corrected chi connectivity index (χ0v) is 13.7. The van der Waals surface area contributed by atoms with Crippen molar-refractivity contribution >= 4 is 23.4 Å². The second-order valence-corrected chi connectivity index (χ2v) is 5.32. The summed E-state index contributed by atoms with van der Waals surface area (Å²) in [7, 11) is 1.56. The SMILES string of the molecule is COc1ccc(C)cc1/C=C/C(=O)Nc1cc([N+](=O)[O-])ccc1C. The number of benzene rings is 2. The van der Waals surface area contributed by atoms with Crippen LogP contribution in [0.1, 0.15) is 16.7 Å². The molecule has 24 heavy (non-hydrogen) atoms. The first-order chi connectivity index (χ1) is 11.4. The topological polar surface area (TPSA) is 81.5 Å². The van der Waals surface area contributed by atoms with E-state index in [-0.39, 0.29) is 11.6 Å². The molecule has 0 aliphatic carbocycles. The number of nitro benzene ring substituents is 1. The minimum Gasteiger partial charge on any atom is -0.496 e. The molecule has 1 N–H and O–H groups in total. The van der Waals surface area contributed by atoms with Crippen molar-refractivity contribution in [1.29, 1.82) is 0 Å². The molecule has 0 heterocycles. The van der Waals surface area contributed by atoms with E-state index in [9.17, 15) is 14.9 Å². The molecule has 0 atom stereocenters. The van der Waals surface area contributed by atoms with Gasteiger partial charge in [-0.15, -0.1) is 0 Å². The van der Waals surface area contributed by atoms with Gasteiger partial charge in [-0.2, -0.15) is 0 Å². The van der Waals surface area contributed by atoms with E-state index in [1.54, 1.807) is 26.2 Å². The highest BCUT2D eigenvalue weighted by Crippen LogP contribution is 2.23. The van der Waals surface area contributed by atoms with Gasteiger partial charge in [0.05, 0.1) is 17.7 Å². The molecule has 0 aliphatic rings. The molecule has 1 amide bonds. The Kier molecular flexibility index (Phi) is 5.31. The Morgan fingerprint density at radius 2 is 1.96 bits per heavy atom. The fraction of sp³-hybridized carbons (Fsp3) is 0.167. The number of hydrogen-bond donors (Lipinski definition) is 1. The van der Waals surface area contributed by atoms with E-state index in [1.165, 1.54) is 18.2 Å². The molecule has 2 rings (SSSR count). The van der Waals surface area contributed by atoms with Gasteiger partial charge >= 0.3 is 0 Å². The molecule has 124 valence electrons. The van der Waals surface area contributed by atoms with E-state index in [0.717, 1.165) is 16.7 Å². The first-order valence-electron chi connectivity index (χ1n) is 7.29. The molecular weight excluding hydrogens is 308 g/mol. The molecule has 2 aromatic carbocycles. The number of rotatable bonds is 5. The lowest BCUT2D eigenvalue weighted by Crippen LogP contribution is -2.09. The lowest BCUT2D eigenvalue weighted by Gasteiger charge is -2.07. The predicted octanol–water partition coefficient (Wildman–Crippen LogP) is 3.87. The standard InChI is InChI=1S/C18H18N2O4/c1-12-4-8-17(24-3)14(10-12)6-9-18(21)19-16-11-15(20(22)23)7-5-13(16)2/h4-11H,1-3H3,(H,19,21)/b9-6+. The van der Waals surface area contributed by atoms with Gasteiger partial charge in [0.2, 0.25) is 5.91 Å². The summed E-state index contributed by atoms with van der Waals surface area (Å²) in [5.74, 6) is 0.290. The van der Waals surface area contributed by atoms with Crippen LogP contribution >= 0.6 is 0 Å². The Hall–Kier alpha value is -3.15. The van der Waals surface area contributed by atoms with E-state index in [4.69, 9.17) is 4.74 Å². The molecule has 0 aliphatic heterocycles. The van der Waals surface area contributed by atoms with E-state index >= 15 is 0 Å². The van der Waals surface area contributed by atoms with Crippen LogP contribution in [0.15, 0.2) is 42.5 Å². The summed E-state index contributed by atoms with van der Waals surface area (Å²) >= 11 is 0. The predicted molar refractivity (Wildman–Crippen MR) is 93.2 cm³/mol. The van der Waals surface area contributed by atoms with Crippen molar-refractivity contribution in [1.82, 2.24) is 0 Å². The Labute approximate surface area is 139 Å². The van der Waals surface area contributed by atoms with Crippen LogP contribution in [0.2, 0.25) is 0 Å². The van der Waals surface area contributed by atoms with Crippen molar-refractivity contribution < 1.29 is 14.5 Å².